The monoisotopic (exact) mass is 334 g/mol. The minimum Gasteiger partial charge on any atom is -0.216 e. The Kier molecular flexibility index (Phi) is 3.98. The molecule has 0 bridgehead atoms. The zero-order valence-electron chi connectivity index (χ0n) is 11.5. The Morgan fingerprint density at radius 2 is 1.52 bits per heavy atom. The minimum absolute atomic E-state index is 0.374. The van der Waals surface area contributed by atoms with Gasteiger partial charge in [0, 0.05) is 10.9 Å². The summed E-state index contributed by atoms with van der Waals surface area (Å²) >= 11 is 14.3. The van der Waals surface area contributed by atoms with Crippen LogP contribution in [0.3, 0.4) is 0 Å². The molecule has 2 nitrogen and oxygen atoms in total. The standard InChI is InChI=1S/C16H12Cl2N2S/c1-9-3-5-11(6-4-9)13-14(17)19-16(20-15(13)18)12-8-21-7-10(12)2/h3-8H,1-2H3. The topological polar surface area (TPSA) is 25.8 Å². The van der Waals surface area contributed by atoms with Crippen LogP contribution in [0.5, 0.6) is 0 Å². The lowest BCUT2D eigenvalue weighted by Gasteiger charge is -2.09. The Hall–Kier alpha value is -1.42. The number of rotatable bonds is 2. The summed E-state index contributed by atoms with van der Waals surface area (Å²) < 4.78 is 0. The Balaban J connectivity index is 2.13. The van der Waals surface area contributed by atoms with Crippen LogP contribution in [0, 0.1) is 13.8 Å². The smallest absolute Gasteiger partial charge is 0.163 e. The molecule has 2 heterocycles. The third-order valence-corrected chi connectivity index (χ3v) is 4.67. The number of benzene rings is 1. The number of nitrogens with zero attached hydrogens (tertiary/aromatic N) is 2. The zero-order chi connectivity index (χ0) is 15.0. The van der Waals surface area contributed by atoms with Crippen LogP contribution in [0.1, 0.15) is 11.1 Å². The van der Waals surface area contributed by atoms with Gasteiger partial charge in [-0.05, 0) is 30.4 Å². The van der Waals surface area contributed by atoms with Crippen LogP contribution < -0.4 is 0 Å². The van der Waals surface area contributed by atoms with Gasteiger partial charge >= 0.3 is 0 Å². The molecule has 0 aliphatic rings. The molecular formula is C16H12Cl2N2S. The van der Waals surface area contributed by atoms with Gasteiger partial charge in [-0.3, -0.25) is 0 Å². The summed E-state index contributed by atoms with van der Waals surface area (Å²) in [4.78, 5) is 8.83. The first kappa shape index (κ1) is 14.5. The Bertz CT molecular complexity index is 771. The molecule has 0 aliphatic heterocycles. The molecule has 0 radical (unpaired) electrons. The maximum atomic E-state index is 6.35. The number of thiophene rings is 1. The van der Waals surface area contributed by atoms with Gasteiger partial charge in [0.25, 0.3) is 0 Å². The quantitative estimate of drug-likeness (QED) is 0.554. The van der Waals surface area contributed by atoms with Crippen LogP contribution in [-0.2, 0) is 0 Å². The van der Waals surface area contributed by atoms with E-state index in [1.807, 2.05) is 48.9 Å². The van der Waals surface area contributed by atoms with Gasteiger partial charge in [0.2, 0.25) is 0 Å². The molecule has 1 aromatic carbocycles. The van der Waals surface area contributed by atoms with E-state index in [1.165, 1.54) is 5.56 Å². The predicted molar refractivity (Wildman–Crippen MR) is 90.3 cm³/mol. The molecule has 0 atom stereocenters. The Morgan fingerprint density at radius 1 is 0.905 bits per heavy atom. The van der Waals surface area contributed by atoms with Crippen molar-refractivity contribution in [3.05, 3.63) is 56.5 Å². The summed E-state index contributed by atoms with van der Waals surface area (Å²) in [5, 5.41) is 4.80. The fraction of sp³-hybridized carbons (Fsp3) is 0.125. The van der Waals surface area contributed by atoms with E-state index in [0.717, 1.165) is 16.7 Å². The van der Waals surface area contributed by atoms with E-state index in [-0.39, 0.29) is 0 Å². The van der Waals surface area contributed by atoms with Gasteiger partial charge in [-0.25, -0.2) is 9.97 Å². The van der Waals surface area contributed by atoms with Gasteiger partial charge in [0.1, 0.15) is 10.3 Å². The average Bonchev–Trinajstić information content (AvgIpc) is 2.86. The van der Waals surface area contributed by atoms with Gasteiger partial charge in [-0.2, -0.15) is 11.3 Å². The molecule has 0 fully saturated rings. The molecule has 0 saturated carbocycles. The lowest BCUT2D eigenvalue weighted by Crippen LogP contribution is -1.95. The van der Waals surface area contributed by atoms with Gasteiger partial charge in [-0.15, -0.1) is 0 Å². The van der Waals surface area contributed by atoms with E-state index in [4.69, 9.17) is 23.2 Å². The SMILES string of the molecule is Cc1ccc(-c2c(Cl)nc(-c3cscc3C)nc2Cl)cc1. The first-order chi connectivity index (χ1) is 10.1. The van der Waals surface area contributed by atoms with Crippen molar-refractivity contribution in [3.8, 4) is 22.5 Å². The molecule has 0 amide bonds. The van der Waals surface area contributed by atoms with E-state index in [2.05, 4.69) is 9.97 Å². The first-order valence-electron chi connectivity index (χ1n) is 6.39. The number of hydrogen-bond acceptors (Lipinski definition) is 3. The molecule has 0 saturated heterocycles. The average molecular weight is 335 g/mol. The molecule has 2 aromatic heterocycles. The second-order valence-corrected chi connectivity index (χ2v) is 6.30. The summed E-state index contributed by atoms with van der Waals surface area (Å²) in [6, 6.07) is 7.97. The third-order valence-electron chi connectivity index (χ3n) is 3.26. The fourth-order valence-corrected chi connectivity index (χ4v) is 3.51. The van der Waals surface area contributed by atoms with Crippen LogP contribution in [0.2, 0.25) is 10.3 Å². The van der Waals surface area contributed by atoms with Crippen molar-refractivity contribution in [1.82, 2.24) is 9.97 Å². The van der Waals surface area contributed by atoms with Crippen molar-refractivity contribution in [3.63, 3.8) is 0 Å². The number of hydrogen-bond donors (Lipinski definition) is 0. The van der Waals surface area contributed by atoms with Crippen LogP contribution >= 0.6 is 34.5 Å². The van der Waals surface area contributed by atoms with Gasteiger partial charge < -0.3 is 0 Å². The molecule has 21 heavy (non-hydrogen) atoms. The van der Waals surface area contributed by atoms with Crippen LogP contribution in [0.4, 0.5) is 0 Å². The minimum atomic E-state index is 0.374. The van der Waals surface area contributed by atoms with Crippen molar-refractivity contribution in [1.29, 1.82) is 0 Å². The lowest BCUT2D eigenvalue weighted by molar-refractivity contribution is 1.17. The zero-order valence-corrected chi connectivity index (χ0v) is 13.9. The Labute approximate surface area is 137 Å². The van der Waals surface area contributed by atoms with Gasteiger partial charge in [0.05, 0.1) is 5.56 Å². The lowest BCUT2D eigenvalue weighted by atomic mass is 10.1. The van der Waals surface area contributed by atoms with Crippen LogP contribution in [-0.4, -0.2) is 9.97 Å². The molecule has 0 aliphatic carbocycles. The summed E-state index contributed by atoms with van der Waals surface area (Å²) in [5.74, 6) is 0.569. The van der Waals surface area contributed by atoms with Gasteiger partial charge in [0.15, 0.2) is 5.82 Å². The highest BCUT2D eigenvalue weighted by Gasteiger charge is 2.15. The second kappa shape index (κ2) is 5.76. The van der Waals surface area contributed by atoms with Crippen LogP contribution in [0.15, 0.2) is 35.0 Å². The van der Waals surface area contributed by atoms with E-state index in [9.17, 15) is 0 Å². The molecule has 5 heteroatoms. The maximum absolute atomic E-state index is 6.35. The van der Waals surface area contributed by atoms with Crippen LogP contribution in [0.25, 0.3) is 22.5 Å². The number of aryl methyl sites for hydroxylation is 2. The van der Waals surface area contributed by atoms with Crippen molar-refractivity contribution >= 4 is 34.5 Å². The maximum Gasteiger partial charge on any atom is 0.163 e. The highest BCUT2D eigenvalue weighted by atomic mass is 35.5. The normalized spacial score (nSPS) is 10.9. The summed E-state index contributed by atoms with van der Waals surface area (Å²) in [7, 11) is 0. The Morgan fingerprint density at radius 3 is 2.05 bits per heavy atom. The molecule has 0 unspecified atom stereocenters. The van der Waals surface area contributed by atoms with Crippen molar-refractivity contribution in [2.75, 3.05) is 0 Å². The summed E-state index contributed by atoms with van der Waals surface area (Å²) in [6.07, 6.45) is 0. The molecular weight excluding hydrogens is 323 g/mol. The van der Waals surface area contributed by atoms with E-state index < -0.39 is 0 Å². The predicted octanol–water partition coefficient (Wildman–Crippen LogP) is 5.80. The van der Waals surface area contributed by atoms with Gasteiger partial charge in [-0.1, -0.05) is 53.0 Å². The molecule has 0 spiro atoms. The highest BCUT2D eigenvalue weighted by molar-refractivity contribution is 7.08. The second-order valence-electron chi connectivity index (χ2n) is 4.84. The number of halogens is 2. The van der Waals surface area contributed by atoms with E-state index in [1.54, 1.807) is 11.3 Å². The molecule has 106 valence electrons. The molecule has 3 rings (SSSR count). The highest BCUT2D eigenvalue weighted by Crippen LogP contribution is 2.35. The summed E-state index contributed by atoms with van der Waals surface area (Å²) in [5.41, 5.74) is 4.87. The van der Waals surface area contributed by atoms with Crippen molar-refractivity contribution in [2.24, 2.45) is 0 Å². The van der Waals surface area contributed by atoms with Crippen molar-refractivity contribution < 1.29 is 0 Å². The molecule has 0 N–H and O–H groups in total. The van der Waals surface area contributed by atoms with Crippen molar-refractivity contribution in [2.45, 2.75) is 13.8 Å². The number of aromatic nitrogens is 2. The van der Waals surface area contributed by atoms with E-state index in [0.29, 0.717) is 21.7 Å². The largest absolute Gasteiger partial charge is 0.216 e. The van der Waals surface area contributed by atoms with E-state index >= 15 is 0 Å². The third kappa shape index (κ3) is 2.82. The first-order valence-corrected chi connectivity index (χ1v) is 8.09. The fourth-order valence-electron chi connectivity index (χ4n) is 2.08. The molecule has 3 aromatic rings. The summed E-state index contributed by atoms with van der Waals surface area (Å²) in [6.45, 7) is 4.05.